The summed E-state index contributed by atoms with van der Waals surface area (Å²) in [6.07, 6.45) is 3.14. The lowest BCUT2D eigenvalue weighted by molar-refractivity contribution is 0.0928. The highest BCUT2D eigenvalue weighted by Crippen LogP contribution is 2.25. The van der Waals surface area contributed by atoms with Gasteiger partial charge in [0.25, 0.3) is 5.91 Å². The first-order chi connectivity index (χ1) is 11.0. The molecule has 0 heterocycles. The van der Waals surface area contributed by atoms with Crippen LogP contribution >= 0.6 is 12.4 Å². The molecule has 0 aromatic heterocycles. The Morgan fingerprint density at radius 2 is 2.04 bits per heavy atom. The van der Waals surface area contributed by atoms with Crippen molar-refractivity contribution in [2.24, 2.45) is 11.7 Å². The van der Waals surface area contributed by atoms with E-state index in [1.54, 1.807) is 24.3 Å². The number of urea groups is 1. The third-order valence-electron chi connectivity index (χ3n) is 4.08. The number of hydrogen-bond acceptors (Lipinski definition) is 3. The molecular formula is C17H27ClN4O2. The van der Waals surface area contributed by atoms with E-state index < -0.39 is 0 Å². The number of benzene rings is 1. The lowest BCUT2D eigenvalue weighted by Gasteiger charge is -2.19. The molecule has 134 valence electrons. The van der Waals surface area contributed by atoms with Gasteiger partial charge in [0.1, 0.15) is 0 Å². The molecule has 1 aromatic carbocycles. The van der Waals surface area contributed by atoms with Gasteiger partial charge in [-0.1, -0.05) is 12.5 Å². The monoisotopic (exact) mass is 354 g/mol. The number of amides is 3. The van der Waals surface area contributed by atoms with Gasteiger partial charge in [-0.3, -0.25) is 4.79 Å². The summed E-state index contributed by atoms with van der Waals surface area (Å²) in [6, 6.07) is 6.86. The standard InChI is InChI=1S/C17H26N4O2.ClH/c1-11(2)19-17(23)20-14-7-3-5-12(9-14)16(22)21-15-8-4-6-13(15)10-18;/h3,5,7,9,11,13,15H,4,6,8,10,18H2,1-2H3,(H,21,22)(H2,19,20,23);1H. The maximum Gasteiger partial charge on any atom is 0.319 e. The van der Waals surface area contributed by atoms with E-state index in [0.29, 0.717) is 23.7 Å². The Kier molecular flexibility index (Phi) is 8.01. The van der Waals surface area contributed by atoms with Crippen LogP contribution < -0.4 is 21.7 Å². The normalized spacial score (nSPS) is 19.5. The van der Waals surface area contributed by atoms with Gasteiger partial charge in [-0.15, -0.1) is 12.4 Å². The number of nitrogens with two attached hydrogens (primary N) is 1. The largest absolute Gasteiger partial charge is 0.349 e. The first-order valence-corrected chi connectivity index (χ1v) is 8.18. The second kappa shape index (κ2) is 9.49. The van der Waals surface area contributed by atoms with Crippen molar-refractivity contribution >= 4 is 30.0 Å². The second-order valence-corrected chi connectivity index (χ2v) is 6.34. The number of rotatable bonds is 5. The Balaban J connectivity index is 0.00000288. The van der Waals surface area contributed by atoms with Crippen molar-refractivity contribution in [3.05, 3.63) is 29.8 Å². The van der Waals surface area contributed by atoms with Crippen LogP contribution in [0.2, 0.25) is 0 Å². The van der Waals surface area contributed by atoms with Gasteiger partial charge in [-0.05, 0) is 57.4 Å². The van der Waals surface area contributed by atoms with Gasteiger partial charge >= 0.3 is 6.03 Å². The van der Waals surface area contributed by atoms with Gasteiger partial charge in [-0.2, -0.15) is 0 Å². The van der Waals surface area contributed by atoms with Crippen molar-refractivity contribution in [2.75, 3.05) is 11.9 Å². The van der Waals surface area contributed by atoms with E-state index in [1.807, 2.05) is 13.8 Å². The molecule has 2 atom stereocenters. The summed E-state index contributed by atoms with van der Waals surface area (Å²) in [6.45, 7) is 4.37. The number of hydrogen-bond donors (Lipinski definition) is 4. The molecule has 5 N–H and O–H groups in total. The molecule has 1 saturated carbocycles. The summed E-state index contributed by atoms with van der Waals surface area (Å²) in [4.78, 5) is 24.1. The fraction of sp³-hybridized carbons (Fsp3) is 0.529. The zero-order valence-electron chi connectivity index (χ0n) is 14.2. The molecule has 0 spiro atoms. The summed E-state index contributed by atoms with van der Waals surface area (Å²) < 4.78 is 0. The molecule has 1 fully saturated rings. The molecule has 24 heavy (non-hydrogen) atoms. The van der Waals surface area contributed by atoms with Crippen molar-refractivity contribution < 1.29 is 9.59 Å². The van der Waals surface area contributed by atoms with E-state index in [4.69, 9.17) is 5.73 Å². The van der Waals surface area contributed by atoms with Gasteiger partial charge in [0.05, 0.1) is 0 Å². The molecule has 0 aliphatic heterocycles. The third-order valence-corrected chi connectivity index (χ3v) is 4.08. The Morgan fingerprint density at radius 1 is 1.29 bits per heavy atom. The highest BCUT2D eigenvalue weighted by molar-refractivity contribution is 5.97. The molecule has 0 saturated heterocycles. The molecule has 0 bridgehead atoms. The maximum absolute atomic E-state index is 12.4. The first-order valence-electron chi connectivity index (χ1n) is 8.18. The molecular weight excluding hydrogens is 328 g/mol. The van der Waals surface area contributed by atoms with Gasteiger partial charge in [0.15, 0.2) is 0 Å². The van der Waals surface area contributed by atoms with E-state index in [1.165, 1.54) is 0 Å². The topological polar surface area (TPSA) is 96.2 Å². The average molecular weight is 355 g/mol. The fourth-order valence-corrected chi connectivity index (χ4v) is 2.93. The van der Waals surface area contributed by atoms with Crippen molar-refractivity contribution in [1.82, 2.24) is 10.6 Å². The van der Waals surface area contributed by atoms with E-state index >= 15 is 0 Å². The van der Waals surface area contributed by atoms with Gasteiger partial charge in [-0.25, -0.2) is 4.79 Å². The van der Waals surface area contributed by atoms with Crippen LogP contribution in [0, 0.1) is 5.92 Å². The molecule has 2 unspecified atom stereocenters. The fourth-order valence-electron chi connectivity index (χ4n) is 2.93. The SMILES string of the molecule is CC(C)NC(=O)Nc1cccc(C(=O)NC2CCCC2CN)c1.Cl. The van der Waals surface area contributed by atoms with E-state index in [9.17, 15) is 9.59 Å². The van der Waals surface area contributed by atoms with E-state index in [-0.39, 0.29) is 36.4 Å². The maximum atomic E-state index is 12.4. The minimum atomic E-state index is -0.281. The number of halogens is 1. The summed E-state index contributed by atoms with van der Waals surface area (Å²) in [5.41, 5.74) is 6.88. The molecule has 2 rings (SSSR count). The van der Waals surface area contributed by atoms with Crippen LogP contribution in [0.3, 0.4) is 0 Å². The van der Waals surface area contributed by atoms with E-state index in [2.05, 4.69) is 16.0 Å². The van der Waals surface area contributed by atoms with Crippen LogP contribution in [0.25, 0.3) is 0 Å². The Labute approximate surface area is 149 Å². The number of carbonyl (C=O) groups excluding carboxylic acids is 2. The Bertz CT molecular complexity index is 565. The van der Waals surface area contributed by atoms with Gasteiger partial charge < -0.3 is 21.7 Å². The molecule has 1 aliphatic rings. The third kappa shape index (κ3) is 5.69. The minimum Gasteiger partial charge on any atom is -0.349 e. The van der Waals surface area contributed by atoms with Crippen LogP contribution in [0.15, 0.2) is 24.3 Å². The number of anilines is 1. The molecule has 6 nitrogen and oxygen atoms in total. The van der Waals surface area contributed by atoms with Crippen LogP contribution in [0.5, 0.6) is 0 Å². The Morgan fingerprint density at radius 3 is 2.71 bits per heavy atom. The minimum absolute atomic E-state index is 0. The zero-order valence-corrected chi connectivity index (χ0v) is 15.0. The zero-order chi connectivity index (χ0) is 16.8. The summed E-state index contributed by atoms with van der Waals surface area (Å²) in [5, 5.41) is 8.54. The lowest BCUT2D eigenvalue weighted by atomic mass is 10.0. The van der Waals surface area contributed by atoms with Crippen molar-refractivity contribution in [2.45, 2.75) is 45.2 Å². The Hall–Kier alpha value is -1.79. The van der Waals surface area contributed by atoms with Crippen LogP contribution in [0.1, 0.15) is 43.5 Å². The van der Waals surface area contributed by atoms with Crippen molar-refractivity contribution in [3.8, 4) is 0 Å². The average Bonchev–Trinajstić information content (AvgIpc) is 2.93. The molecule has 7 heteroatoms. The van der Waals surface area contributed by atoms with Crippen LogP contribution in [-0.2, 0) is 0 Å². The number of nitrogens with one attached hydrogen (secondary N) is 3. The first kappa shape index (κ1) is 20.3. The highest BCUT2D eigenvalue weighted by Gasteiger charge is 2.27. The van der Waals surface area contributed by atoms with Gasteiger partial charge in [0.2, 0.25) is 0 Å². The second-order valence-electron chi connectivity index (χ2n) is 6.34. The van der Waals surface area contributed by atoms with E-state index in [0.717, 1.165) is 19.3 Å². The summed E-state index contributed by atoms with van der Waals surface area (Å²) in [7, 11) is 0. The summed E-state index contributed by atoms with van der Waals surface area (Å²) in [5.74, 6) is 0.236. The van der Waals surface area contributed by atoms with Crippen molar-refractivity contribution in [1.29, 1.82) is 0 Å². The summed E-state index contributed by atoms with van der Waals surface area (Å²) >= 11 is 0. The van der Waals surface area contributed by atoms with Crippen LogP contribution in [-0.4, -0.2) is 30.6 Å². The quantitative estimate of drug-likeness (QED) is 0.654. The van der Waals surface area contributed by atoms with Gasteiger partial charge in [0, 0.05) is 23.3 Å². The van der Waals surface area contributed by atoms with Crippen LogP contribution in [0.4, 0.5) is 10.5 Å². The predicted octanol–water partition coefficient (Wildman–Crippen LogP) is 2.50. The van der Waals surface area contributed by atoms with Crippen molar-refractivity contribution in [3.63, 3.8) is 0 Å². The highest BCUT2D eigenvalue weighted by atomic mass is 35.5. The predicted molar refractivity (Wildman–Crippen MR) is 98.6 cm³/mol. The lowest BCUT2D eigenvalue weighted by Crippen LogP contribution is -2.39. The number of carbonyl (C=O) groups is 2. The smallest absolute Gasteiger partial charge is 0.319 e. The molecule has 0 radical (unpaired) electrons. The molecule has 3 amide bonds. The molecule has 1 aliphatic carbocycles. The molecule has 1 aromatic rings.